The molecule has 0 aliphatic rings. The lowest BCUT2D eigenvalue weighted by molar-refractivity contribution is -0.151. The van der Waals surface area contributed by atoms with Crippen LogP contribution in [0.1, 0.15) is 18.1 Å². The van der Waals surface area contributed by atoms with E-state index in [1.807, 2.05) is 43.3 Å². The molecule has 2 rings (SSSR count). The predicted molar refractivity (Wildman–Crippen MR) is 84.5 cm³/mol. The number of rotatable bonds is 5. The van der Waals surface area contributed by atoms with E-state index in [-0.39, 0.29) is 5.84 Å². The smallest absolute Gasteiger partial charge is 0.374 e. The maximum absolute atomic E-state index is 11.8. The van der Waals surface area contributed by atoms with Crippen LogP contribution in [0.15, 0.2) is 59.8 Å². The summed E-state index contributed by atoms with van der Waals surface area (Å²) in [5, 5.41) is 3.66. The Morgan fingerprint density at radius 1 is 1.14 bits per heavy atom. The van der Waals surface area contributed by atoms with Gasteiger partial charge in [0.05, 0.1) is 0 Å². The summed E-state index contributed by atoms with van der Waals surface area (Å²) in [7, 11) is 0. The van der Waals surface area contributed by atoms with Gasteiger partial charge >= 0.3 is 5.97 Å². The topological polar surface area (TPSA) is 73.9 Å². The summed E-state index contributed by atoms with van der Waals surface area (Å²) >= 11 is 0. The number of carbonyl (C=O) groups is 1. The first-order valence-corrected chi connectivity index (χ1v) is 6.89. The zero-order valence-electron chi connectivity index (χ0n) is 12.5. The van der Waals surface area contributed by atoms with Gasteiger partial charge in [-0.2, -0.15) is 0 Å². The van der Waals surface area contributed by atoms with E-state index in [9.17, 15) is 4.79 Å². The third kappa shape index (κ3) is 4.34. The molecule has 2 N–H and O–H groups in total. The average Bonchev–Trinajstić information content (AvgIpc) is 2.53. The van der Waals surface area contributed by atoms with E-state index >= 15 is 0 Å². The maximum Gasteiger partial charge on any atom is 0.374 e. The van der Waals surface area contributed by atoms with Gasteiger partial charge in [0.15, 0.2) is 11.9 Å². The molecule has 0 fully saturated rings. The lowest BCUT2D eigenvalue weighted by Gasteiger charge is -2.11. The van der Waals surface area contributed by atoms with E-state index in [1.54, 1.807) is 25.1 Å². The van der Waals surface area contributed by atoms with Crippen LogP contribution in [0.4, 0.5) is 0 Å². The van der Waals surface area contributed by atoms with Crippen molar-refractivity contribution in [3.05, 3.63) is 65.7 Å². The Balaban J connectivity index is 1.95. The van der Waals surface area contributed by atoms with Crippen LogP contribution in [0.2, 0.25) is 0 Å². The Labute approximate surface area is 129 Å². The molecule has 0 spiro atoms. The third-order valence-corrected chi connectivity index (χ3v) is 2.94. The molecule has 0 amide bonds. The van der Waals surface area contributed by atoms with Crippen LogP contribution in [-0.2, 0) is 9.63 Å². The number of para-hydroxylation sites is 1. The number of carbonyl (C=O) groups excluding carboxylic acids is 1. The SMILES string of the molecule is Cc1cccc(/C(N)=N\OC(=O)[C@@H](C)Oc2ccccc2)c1. The summed E-state index contributed by atoms with van der Waals surface area (Å²) in [4.78, 5) is 16.7. The van der Waals surface area contributed by atoms with Crippen molar-refractivity contribution >= 4 is 11.8 Å². The number of hydrogen-bond donors (Lipinski definition) is 1. The summed E-state index contributed by atoms with van der Waals surface area (Å²) in [5.41, 5.74) is 7.54. The van der Waals surface area contributed by atoms with Gasteiger partial charge in [-0.15, -0.1) is 0 Å². The van der Waals surface area contributed by atoms with Crippen molar-refractivity contribution in [1.29, 1.82) is 0 Å². The molecule has 0 aromatic heterocycles. The molecular formula is C17H18N2O3. The second-order valence-electron chi connectivity index (χ2n) is 4.83. The highest BCUT2D eigenvalue weighted by atomic mass is 16.7. The number of hydrogen-bond acceptors (Lipinski definition) is 4. The van der Waals surface area contributed by atoms with Gasteiger partial charge in [0.25, 0.3) is 0 Å². The monoisotopic (exact) mass is 298 g/mol. The molecule has 5 heteroatoms. The van der Waals surface area contributed by atoms with Crippen LogP contribution in [0.3, 0.4) is 0 Å². The van der Waals surface area contributed by atoms with Crippen LogP contribution in [0.25, 0.3) is 0 Å². The zero-order chi connectivity index (χ0) is 15.9. The Kier molecular flexibility index (Phi) is 5.14. The molecule has 0 aliphatic carbocycles. The van der Waals surface area contributed by atoms with E-state index in [1.165, 1.54) is 0 Å². The second kappa shape index (κ2) is 7.26. The Morgan fingerprint density at radius 3 is 2.55 bits per heavy atom. The molecule has 0 saturated carbocycles. The lowest BCUT2D eigenvalue weighted by Crippen LogP contribution is -2.26. The minimum atomic E-state index is -0.781. The highest BCUT2D eigenvalue weighted by Crippen LogP contribution is 2.11. The molecule has 1 atom stereocenters. The van der Waals surface area contributed by atoms with Crippen LogP contribution in [-0.4, -0.2) is 17.9 Å². The summed E-state index contributed by atoms with van der Waals surface area (Å²) in [5.74, 6) is 0.117. The van der Waals surface area contributed by atoms with Crippen LogP contribution >= 0.6 is 0 Å². The van der Waals surface area contributed by atoms with E-state index in [0.29, 0.717) is 11.3 Å². The number of ether oxygens (including phenoxy) is 1. The zero-order valence-corrected chi connectivity index (χ0v) is 12.5. The van der Waals surface area contributed by atoms with Crippen molar-refractivity contribution in [3.63, 3.8) is 0 Å². The molecule has 0 radical (unpaired) electrons. The van der Waals surface area contributed by atoms with E-state index in [0.717, 1.165) is 5.56 Å². The lowest BCUT2D eigenvalue weighted by atomic mass is 10.1. The standard InChI is InChI=1S/C17H18N2O3/c1-12-7-6-8-14(11-12)16(18)19-22-17(20)13(2)21-15-9-4-3-5-10-15/h3-11,13H,1-2H3,(H2,18,19)/t13-/m1/s1. The van der Waals surface area contributed by atoms with E-state index < -0.39 is 12.1 Å². The largest absolute Gasteiger partial charge is 0.479 e. The van der Waals surface area contributed by atoms with Crippen LogP contribution in [0, 0.1) is 6.92 Å². The van der Waals surface area contributed by atoms with Crippen molar-refractivity contribution in [2.45, 2.75) is 20.0 Å². The number of aryl methyl sites for hydroxylation is 1. The summed E-state index contributed by atoms with van der Waals surface area (Å²) in [6.07, 6.45) is -0.781. The molecule has 0 bridgehead atoms. The van der Waals surface area contributed by atoms with Gasteiger partial charge in [-0.05, 0) is 32.0 Å². The molecule has 0 saturated heterocycles. The van der Waals surface area contributed by atoms with Crippen molar-refractivity contribution < 1.29 is 14.4 Å². The minimum absolute atomic E-state index is 0.143. The van der Waals surface area contributed by atoms with Gasteiger partial charge in [-0.25, -0.2) is 4.79 Å². The summed E-state index contributed by atoms with van der Waals surface area (Å²) < 4.78 is 5.45. The molecule has 0 aliphatic heterocycles. The van der Waals surface area contributed by atoms with Crippen LogP contribution in [0.5, 0.6) is 5.75 Å². The van der Waals surface area contributed by atoms with Crippen molar-refractivity contribution in [2.75, 3.05) is 0 Å². The number of nitrogens with zero attached hydrogens (tertiary/aromatic N) is 1. The average molecular weight is 298 g/mol. The van der Waals surface area contributed by atoms with Gasteiger partial charge in [-0.1, -0.05) is 47.1 Å². The van der Waals surface area contributed by atoms with Gasteiger partial charge in [0.1, 0.15) is 5.75 Å². The molecule has 0 unspecified atom stereocenters. The Morgan fingerprint density at radius 2 is 1.86 bits per heavy atom. The highest BCUT2D eigenvalue weighted by molar-refractivity contribution is 5.97. The Hall–Kier alpha value is -2.82. The number of nitrogens with two attached hydrogens (primary N) is 1. The number of benzene rings is 2. The molecular weight excluding hydrogens is 280 g/mol. The van der Waals surface area contributed by atoms with Crippen molar-refractivity contribution in [2.24, 2.45) is 10.9 Å². The van der Waals surface area contributed by atoms with Gasteiger partial charge in [-0.3, -0.25) is 0 Å². The normalized spacial score (nSPS) is 12.5. The first-order chi connectivity index (χ1) is 10.6. The highest BCUT2D eigenvalue weighted by Gasteiger charge is 2.17. The van der Waals surface area contributed by atoms with Crippen LogP contribution < -0.4 is 10.5 Å². The van der Waals surface area contributed by atoms with Gasteiger partial charge in [0, 0.05) is 5.56 Å². The first kappa shape index (κ1) is 15.6. The molecule has 0 heterocycles. The molecule has 22 heavy (non-hydrogen) atoms. The fourth-order valence-corrected chi connectivity index (χ4v) is 1.78. The summed E-state index contributed by atoms with van der Waals surface area (Å²) in [6, 6.07) is 16.5. The fraction of sp³-hybridized carbons (Fsp3) is 0.176. The fourth-order valence-electron chi connectivity index (χ4n) is 1.78. The summed E-state index contributed by atoms with van der Waals surface area (Å²) in [6.45, 7) is 3.53. The predicted octanol–water partition coefficient (Wildman–Crippen LogP) is 2.63. The molecule has 114 valence electrons. The maximum atomic E-state index is 11.8. The molecule has 2 aromatic rings. The van der Waals surface area contributed by atoms with Crippen molar-refractivity contribution in [3.8, 4) is 5.75 Å². The van der Waals surface area contributed by atoms with E-state index in [4.69, 9.17) is 15.3 Å². The number of amidine groups is 1. The quantitative estimate of drug-likeness (QED) is 0.398. The minimum Gasteiger partial charge on any atom is -0.479 e. The second-order valence-corrected chi connectivity index (χ2v) is 4.83. The Bertz CT molecular complexity index is 669. The van der Waals surface area contributed by atoms with E-state index in [2.05, 4.69) is 5.16 Å². The van der Waals surface area contributed by atoms with Gasteiger partial charge in [0.2, 0.25) is 0 Å². The van der Waals surface area contributed by atoms with Crippen molar-refractivity contribution in [1.82, 2.24) is 0 Å². The first-order valence-electron chi connectivity index (χ1n) is 6.89. The third-order valence-electron chi connectivity index (χ3n) is 2.94. The van der Waals surface area contributed by atoms with Gasteiger partial charge < -0.3 is 15.3 Å². The molecule has 5 nitrogen and oxygen atoms in total. The molecule has 2 aromatic carbocycles. The number of oxime groups is 1.